The number of amides is 2. The monoisotopic (exact) mass is 303 g/mol. The van der Waals surface area contributed by atoms with Crippen molar-refractivity contribution in [3.05, 3.63) is 58.9 Å². The van der Waals surface area contributed by atoms with E-state index in [4.69, 9.17) is 11.6 Å². The number of nitrogens with zero attached hydrogens (tertiary/aromatic N) is 1. The number of benzene rings is 1. The first-order chi connectivity index (χ1) is 10.0. The minimum atomic E-state index is -0.260. The Hall–Kier alpha value is -2.40. The quantitative estimate of drug-likeness (QED) is 0.912. The summed E-state index contributed by atoms with van der Waals surface area (Å²) in [7, 11) is 0. The number of anilines is 1. The fourth-order valence-electron chi connectivity index (χ4n) is 1.70. The van der Waals surface area contributed by atoms with E-state index in [0.29, 0.717) is 22.0 Å². The Morgan fingerprint density at radius 3 is 2.76 bits per heavy atom. The van der Waals surface area contributed by atoms with Crippen molar-refractivity contribution in [2.24, 2.45) is 0 Å². The van der Waals surface area contributed by atoms with Gasteiger partial charge in [0.2, 0.25) is 5.91 Å². The van der Waals surface area contributed by atoms with Gasteiger partial charge >= 0.3 is 0 Å². The van der Waals surface area contributed by atoms with Crippen LogP contribution in [0, 0.1) is 0 Å². The summed E-state index contributed by atoms with van der Waals surface area (Å²) in [4.78, 5) is 27.1. The number of nitrogens with one attached hydrogen (secondary N) is 2. The second-order valence-electron chi connectivity index (χ2n) is 4.41. The van der Waals surface area contributed by atoms with E-state index in [0.717, 1.165) is 0 Å². The number of carbonyl (C=O) groups is 2. The van der Waals surface area contributed by atoms with Crippen molar-refractivity contribution in [2.75, 3.05) is 5.32 Å². The Kier molecular flexibility index (Phi) is 4.90. The number of halogens is 1. The number of rotatable bonds is 4. The van der Waals surface area contributed by atoms with Gasteiger partial charge in [0.15, 0.2) is 0 Å². The molecule has 0 bridgehead atoms. The van der Waals surface area contributed by atoms with Crippen molar-refractivity contribution in [2.45, 2.75) is 13.5 Å². The van der Waals surface area contributed by atoms with E-state index in [1.54, 1.807) is 36.4 Å². The van der Waals surface area contributed by atoms with Gasteiger partial charge < -0.3 is 10.6 Å². The Labute approximate surface area is 127 Å². The molecule has 0 aliphatic carbocycles. The summed E-state index contributed by atoms with van der Waals surface area (Å²) >= 11 is 5.87. The van der Waals surface area contributed by atoms with Crippen LogP contribution in [0.25, 0.3) is 0 Å². The summed E-state index contributed by atoms with van der Waals surface area (Å²) in [5.74, 6) is -0.408. The van der Waals surface area contributed by atoms with Crippen LogP contribution in [0.4, 0.5) is 5.69 Å². The number of pyridine rings is 1. The molecule has 108 valence electrons. The van der Waals surface area contributed by atoms with Crippen LogP contribution in [0.5, 0.6) is 0 Å². The first-order valence-corrected chi connectivity index (χ1v) is 6.68. The molecular formula is C15H14ClN3O2. The van der Waals surface area contributed by atoms with E-state index in [1.807, 2.05) is 0 Å². The molecule has 1 aromatic heterocycles. The van der Waals surface area contributed by atoms with Crippen LogP contribution in [0.15, 0.2) is 42.6 Å². The van der Waals surface area contributed by atoms with Gasteiger partial charge in [0.05, 0.1) is 12.2 Å². The second-order valence-corrected chi connectivity index (χ2v) is 4.85. The molecule has 0 unspecified atom stereocenters. The maximum absolute atomic E-state index is 12.1. The average Bonchev–Trinajstić information content (AvgIpc) is 2.45. The molecule has 2 N–H and O–H groups in total. The van der Waals surface area contributed by atoms with Crippen molar-refractivity contribution >= 4 is 29.1 Å². The molecular weight excluding hydrogens is 290 g/mol. The summed E-state index contributed by atoms with van der Waals surface area (Å²) in [6.45, 7) is 1.71. The highest BCUT2D eigenvalue weighted by Crippen LogP contribution is 2.16. The predicted octanol–water partition coefficient (Wildman–Crippen LogP) is 2.62. The van der Waals surface area contributed by atoms with Gasteiger partial charge in [-0.3, -0.25) is 14.6 Å². The van der Waals surface area contributed by atoms with Crippen molar-refractivity contribution < 1.29 is 9.59 Å². The van der Waals surface area contributed by atoms with Crippen LogP contribution in [0.3, 0.4) is 0 Å². The Bertz CT molecular complexity index is 673. The molecule has 2 aromatic rings. The Morgan fingerprint density at radius 1 is 1.24 bits per heavy atom. The molecule has 0 atom stereocenters. The number of hydrogen-bond acceptors (Lipinski definition) is 3. The lowest BCUT2D eigenvalue weighted by atomic mass is 10.2. The molecule has 0 aliphatic heterocycles. The molecule has 0 saturated carbocycles. The van der Waals surface area contributed by atoms with E-state index < -0.39 is 0 Å². The van der Waals surface area contributed by atoms with Crippen molar-refractivity contribution in [3.8, 4) is 0 Å². The van der Waals surface area contributed by atoms with Crippen molar-refractivity contribution in [1.82, 2.24) is 10.3 Å². The highest BCUT2D eigenvalue weighted by atomic mass is 35.5. The molecule has 1 aromatic carbocycles. The van der Waals surface area contributed by atoms with E-state index in [9.17, 15) is 9.59 Å². The predicted molar refractivity (Wildman–Crippen MR) is 81.2 cm³/mol. The van der Waals surface area contributed by atoms with Gasteiger partial charge in [-0.1, -0.05) is 17.7 Å². The van der Waals surface area contributed by atoms with E-state index in [2.05, 4.69) is 15.6 Å². The zero-order valence-corrected chi connectivity index (χ0v) is 12.1. The lowest BCUT2D eigenvalue weighted by molar-refractivity contribution is -0.119. The largest absolute Gasteiger partial charge is 0.351 e. The minimum Gasteiger partial charge on any atom is -0.351 e. The zero-order chi connectivity index (χ0) is 15.2. The van der Waals surface area contributed by atoms with Gasteiger partial charge in [0.1, 0.15) is 0 Å². The maximum Gasteiger partial charge on any atom is 0.255 e. The van der Waals surface area contributed by atoms with Crippen LogP contribution in [0.2, 0.25) is 5.02 Å². The highest BCUT2D eigenvalue weighted by molar-refractivity contribution is 6.30. The summed E-state index contributed by atoms with van der Waals surface area (Å²) in [5.41, 5.74) is 1.70. The molecule has 0 aliphatic rings. The molecule has 2 rings (SSSR count). The molecule has 0 fully saturated rings. The van der Waals surface area contributed by atoms with Crippen LogP contribution in [-0.2, 0) is 11.3 Å². The van der Waals surface area contributed by atoms with E-state index in [-0.39, 0.29) is 18.4 Å². The van der Waals surface area contributed by atoms with Crippen LogP contribution in [0.1, 0.15) is 23.0 Å². The summed E-state index contributed by atoms with van der Waals surface area (Å²) < 4.78 is 0. The summed E-state index contributed by atoms with van der Waals surface area (Å²) in [6.07, 6.45) is 1.53. The molecule has 5 nitrogen and oxygen atoms in total. The fraction of sp³-hybridized carbons (Fsp3) is 0.133. The Morgan fingerprint density at radius 2 is 2.05 bits per heavy atom. The molecule has 2 amide bonds. The van der Waals surface area contributed by atoms with Crippen LogP contribution >= 0.6 is 11.6 Å². The third-order valence-electron chi connectivity index (χ3n) is 2.68. The summed E-state index contributed by atoms with van der Waals surface area (Å²) in [5, 5.41) is 5.94. The molecule has 0 saturated heterocycles. The third kappa shape index (κ3) is 4.57. The molecule has 6 heteroatoms. The highest BCUT2D eigenvalue weighted by Gasteiger charge is 2.08. The van der Waals surface area contributed by atoms with Crippen molar-refractivity contribution in [1.29, 1.82) is 0 Å². The first-order valence-electron chi connectivity index (χ1n) is 6.31. The second kappa shape index (κ2) is 6.85. The van der Waals surface area contributed by atoms with Gasteiger partial charge in [-0.05, 0) is 30.3 Å². The fourth-order valence-corrected chi connectivity index (χ4v) is 1.89. The molecule has 21 heavy (non-hydrogen) atoms. The standard InChI is InChI=1S/C15H14ClN3O2/c1-10(20)18-9-14-7-11(5-6-17-14)15(21)19-13-4-2-3-12(16)8-13/h2-8H,9H2,1H3,(H,18,20)(H,19,21). The maximum atomic E-state index is 12.1. The SMILES string of the molecule is CC(=O)NCc1cc(C(=O)Nc2cccc(Cl)c2)ccn1. The van der Waals surface area contributed by atoms with Crippen molar-refractivity contribution in [3.63, 3.8) is 0 Å². The van der Waals surface area contributed by atoms with Gasteiger partial charge in [-0.2, -0.15) is 0 Å². The summed E-state index contributed by atoms with van der Waals surface area (Å²) in [6, 6.07) is 10.1. The van der Waals surface area contributed by atoms with E-state index >= 15 is 0 Å². The smallest absolute Gasteiger partial charge is 0.255 e. The first kappa shape index (κ1) is 15.0. The Balaban J connectivity index is 2.08. The zero-order valence-electron chi connectivity index (χ0n) is 11.4. The number of hydrogen-bond donors (Lipinski definition) is 2. The van der Waals surface area contributed by atoms with Gasteiger partial charge in [0, 0.05) is 29.4 Å². The molecule has 0 radical (unpaired) electrons. The van der Waals surface area contributed by atoms with Gasteiger partial charge in [-0.15, -0.1) is 0 Å². The van der Waals surface area contributed by atoms with Crippen LogP contribution in [-0.4, -0.2) is 16.8 Å². The average molecular weight is 304 g/mol. The normalized spacial score (nSPS) is 10.0. The van der Waals surface area contributed by atoms with E-state index in [1.165, 1.54) is 13.1 Å². The third-order valence-corrected chi connectivity index (χ3v) is 2.91. The number of carbonyl (C=O) groups excluding carboxylic acids is 2. The number of aromatic nitrogens is 1. The lowest BCUT2D eigenvalue weighted by Crippen LogP contribution is -2.20. The molecule has 1 heterocycles. The van der Waals surface area contributed by atoms with Crippen LogP contribution < -0.4 is 10.6 Å². The topological polar surface area (TPSA) is 71.1 Å². The lowest BCUT2D eigenvalue weighted by Gasteiger charge is -2.07. The minimum absolute atomic E-state index is 0.148. The molecule has 0 spiro atoms. The van der Waals surface area contributed by atoms with Gasteiger partial charge in [-0.25, -0.2) is 0 Å². The van der Waals surface area contributed by atoms with Gasteiger partial charge in [0.25, 0.3) is 5.91 Å².